The maximum Gasteiger partial charge on any atom is 0.416 e. The lowest BCUT2D eigenvalue weighted by Crippen LogP contribution is -2.55. The van der Waals surface area contributed by atoms with E-state index in [-0.39, 0.29) is 42.7 Å². The zero-order valence-corrected chi connectivity index (χ0v) is 32.1. The number of allylic oxidation sites excluding steroid dienone is 2. The van der Waals surface area contributed by atoms with Crippen molar-refractivity contribution < 1.29 is 42.4 Å². The van der Waals surface area contributed by atoms with Crippen molar-refractivity contribution in [1.82, 2.24) is 10.2 Å². The molecule has 0 spiro atoms. The molecule has 0 aromatic heterocycles. The molecule has 3 aromatic carbocycles. The van der Waals surface area contributed by atoms with Gasteiger partial charge in [-0.25, -0.2) is 4.79 Å². The number of methoxy groups -OCH3 is 2. The predicted molar refractivity (Wildman–Crippen MR) is 202 cm³/mol. The molecule has 3 aliphatic rings. The SMILES string of the molecule is COc1ccc(CN(C[C@]2(O)CC[C@H]3c4ccc(cc4C(=O)c4cccc(C(F)(F)F)c4)C[C@@H](O)CCC(C)=CCC[C@@]32C)C(=O)NC(C)C)c(OC)c1. The summed E-state index contributed by atoms with van der Waals surface area (Å²) in [6.07, 6.45) is 0.118. The summed E-state index contributed by atoms with van der Waals surface area (Å²) in [5, 5.41) is 26.9. The summed E-state index contributed by atoms with van der Waals surface area (Å²) in [4.78, 5) is 29.8. The summed E-state index contributed by atoms with van der Waals surface area (Å²) < 4.78 is 52.4. The normalized spacial score (nSPS) is 23.3. The summed E-state index contributed by atoms with van der Waals surface area (Å²) in [5.74, 6) is 0.171. The van der Waals surface area contributed by atoms with E-state index in [1.54, 1.807) is 37.3 Å². The third kappa shape index (κ3) is 8.95. The van der Waals surface area contributed by atoms with Gasteiger partial charge in [-0.1, -0.05) is 42.8 Å². The zero-order chi connectivity index (χ0) is 39.4. The number of aliphatic hydroxyl groups excluding tert-OH is 1. The zero-order valence-electron chi connectivity index (χ0n) is 32.1. The average molecular weight is 751 g/mol. The number of aliphatic hydroxyl groups is 2. The van der Waals surface area contributed by atoms with Crippen LogP contribution in [0.2, 0.25) is 0 Å². The molecule has 1 fully saturated rings. The highest BCUT2D eigenvalue weighted by molar-refractivity contribution is 6.10. The van der Waals surface area contributed by atoms with Gasteiger partial charge in [0.2, 0.25) is 0 Å². The van der Waals surface area contributed by atoms with Gasteiger partial charge in [0, 0.05) is 34.2 Å². The van der Waals surface area contributed by atoms with Crippen LogP contribution in [0.25, 0.3) is 0 Å². The second kappa shape index (κ2) is 16.6. The van der Waals surface area contributed by atoms with E-state index in [2.05, 4.69) is 11.4 Å². The summed E-state index contributed by atoms with van der Waals surface area (Å²) in [7, 11) is 3.10. The molecule has 0 unspecified atom stereocenters. The van der Waals surface area contributed by atoms with Crippen molar-refractivity contribution >= 4 is 11.8 Å². The highest BCUT2D eigenvalue weighted by Crippen LogP contribution is 2.59. The van der Waals surface area contributed by atoms with E-state index in [9.17, 15) is 33.0 Å². The molecule has 1 saturated carbocycles. The number of fused-ring (bicyclic) bond motifs is 8. The van der Waals surface area contributed by atoms with Gasteiger partial charge >= 0.3 is 12.2 Å². The van der Waals surface area contributed by atoms with E-state index in [0.717, 1.165) is 23.3 Å². The highest BCUT2D eigenvalue weighted by atomic mass is 19.4. The molecule has 54 heavy (non-hydrogen) atoms. The van der Waals surface area contributed by atoms with E-state index in [4.69, 9.17) is 9.47 Å². The lowest BCUT2D eigenvalue weighted by atomic mass is 9.64. The molecule has 292 valence electrons. The molecule has 0 saturated heterocycles. The smallest absolute Gasteiger partial charge is 0.416 e. The van der Waals surface area contributed by atoms with Gasteiger partial charge in [-0.15, -0.1) is 0 Å². The van der Waals surface area contributed by atoms with Crippen molar-refractivity contribution in [3.05, 3.63) is 106 Å². The number of amides is 2. The molecule has 6 rings (SSSR count). The van der Waals surface area contributed by atoms with Gasteiger partial charge in [-0.05, 0) is 113 Å². The number of nitrogens with zero attached hydrogens (tertiary/aromatic N) is 1. The number of carbonyl (C=O) groups is 2. The first-order chi connectivity index (χ1) is 25.5. The number of hydrogen-bond donors (Lipinski definition) is 3. The first kappa shape index (κ1) is 40.8. The summed E-state index contributed by atoms with van der Waals surface area (Å²) in [6.45, 7) is 7.86. The maximum absolute atomic E-state index is 14.3. The molecule has 3 aromatic rings. The fourth-order valence-corrected chi connectivity index (χ4v) is 8.23. The Morgan fingerprint density at radius 3 is 2.46 bits per heavy atom. The number of ether oxygens (including phenoxy) is 2. The van der Waals surface area contributed by atoms with E-state index in [1.807, 2.05) is 45.9 Å². The van der Waals surface area contributed by atoms with E-state index in [0.29, 0.717) is 61.2 Å². The van der Waals surface area contributed by atoms with Gasteiger partial charge in [0.1, 0.15) is 11.5 Å². The molecule has 11 heteroatoms. The lowest BCUT2D eigenvalue weighted by molar-refractivity contribution is -0.137. The van der Waals surface area contributed by atoms with Crippen molar-refractivity contribution in [2.45, 2.75) is 109 Å². The predicted octanol–water partition coefficient (Wildman–Crippen LogP) is 8.61. The van der Waals surface area contributed by atoms with Gasteiger partial charge in [0.05, 0.1) is 44.6 Å². The molecule has 4 atom stereocenters. The van der Waals surface area contributed by atoms with Crippen molar-refractivity contribution in [1.29, 1.82) is 0 Å². The van der Waals surface area contributed by atoms with E-state index >= 15 is 0 Å². The van der Waals surface area contributed by atoms with Crippen LogP contribution in [-0.4, -0.2) is 65.4 Å². The first-order valence-corrected chi connectivity index (χ1v) is 18.6. The Kier molecular flexibility index (Phi) is 12.5. The van der Waals surface area contributed by atoms with E-state index < -0.39 is 40.6 Å². The third-order valence-corrected chi connectivity index (χ3v) is 11.4. The fraction of sp³-hybridized carbons (Fsp3) is 0.488. The number of rotatable bonds is 9. The fourth-order valence-electron chi connectivity index (χ4n) is 8.23. The highest BCUT2D eigenvalue weighted by Gasteiger charge is 2.57. The lowest BCUT2D eigenvalue weighted by Gasteiger charge is -2.46. The third-order valence-electron chi connectivity index (χ3n) is 11.4. The van der Waals surface area contributed by atoms with Crippen molar-refractivity contribution in [3.8, 4) is 11.5 Å². The van der Waals surface area contributed by atoms with Gasteiger partial charge in [-0.2, -0.15) is 13.2 Å². The number of nitrogens with one attached hydrogen (secondary N) is 1. The Balaban J connectivity index is 1.62. The standard InChI is InChI=1S/C43H53F3N2O6/c1-27(2)47-40(51)48(25-31-14-16-34(53-5)24-38(31)54-6)26-42(52)20-18-37-35-17-13-29(21-33(49)15-12-28(3)9-8-19-41(37,42)4)22-36(35)39(50)30-10-7-11-32(23-30)43(44,45)46/h7,9-11,13-14,16-17,22-24,27,33,37,49,52H,8,12,15,18-21,25-26H2,1-6H3,(H,47,51)/t33-,37-,41-,42+/m0/s1. The minimum absolute atomic E-state index is 0.0301. The van der Waals surface area contributed by atoms with Crippen LogP contribution in [-0.2, 0) is 19.1 Å². The van der Waals surface area contributed by atoms with Crippen LogP contribution in [0.1, 0.15) is 110 Å². The number of ketones is 1. The van der Waals surface area contributed by atoms with Crippen LogP contribution in [0.4, 0.5) is 18.0 Å². The number of benzene rings is 3. The molecule has 0 aliphatic heterocycles. The van der Waals surface area contributed by atoms with Gasteiger partial charge in [0.15, 0.2) is 5.78 Å². The maximum atomic E-state index is 14.3. The summed E-state index contributed by atoms with van der Waals surface area (Å²) in [6, 6.07) is 14.7. The second-order valence-corrected chi connectivity index (χ2v) is 15.5. The quantitative estimate of drug-likeness (QED) is 0.149. The number of hydrogen-bond acceptors (Lipinski definition) is 6. The minimum atomic E-state index is -4.63. The first-order valence-electron chi connectivity index (χ1n) is 18.6. The van der Waals surface area contributed by atoms with Gasteiger partial charge in [-0.3, -0.25) is 4.79 Å². The molecule has 2 amide bonds. The minimum Gasteiger partial charge on any atom is -0.497 e. The second-order valence-electron chi connectivity index (χ2n) is 15.5. The largest absolute Gasteiger partial charge is 0.497 e. The van der Waals surface area contributed by atoms with Crippen LogP contribution in [0.3, 0.4) is 0 Å². The molecule has 0 radical (unpaired) electrons. The molecular formula is C43H53F3N2O6. The van der Waals surface area contributed by atoms with Gasteiger partial charge < -0.3 is 29.9 Å². The van der Waals surface area contributed by atoms with Crippen LogP contribution < -0.4 is 14.8 Å². The van der Waals surface area contributed by atoms with Crippen molar-refractivity contribution in [3.63, 3.8) is 0 Å². The Labute approximate surface area is 316 Å². The molecule has 3 aliphatic carbocycles. The van der Waals surface area contributed by atoms with Crippen molar-refractivity contribution in [2.24, 2.45) is 5.41 Å². The molecule has 2 bridgehead atoms. The Morgan fingerprint density at radius 2 is 1.78 bits per heavy atom. The van der Waals surface area contributed by atoms with Crippen LogP contribution >= 0.6 is 0 Å². The number of halogens is 3. The number of urea groups is 1. The van der Waals surface area contributed by atoms with Crippen LogP contribution in [0.15, 0.2) is 72.3 Å². The van der Waals surface area contributed by atoms with Crippen LogP contribution in [0, 0.1) is 5.41 Å². The summed E-state index contributed by atoms with van der Waals surface area (Å²) >= 11 is 0. The molecular weight excluding hydrogens is 697 g/mol. The molecule has 3 N–H and O–H groups in total. The molecule has 8 nitrogen and oxygen atoms in total. The van der Waals surface area contributed by atoms with E-state index in [1.165, 1.54) is 12.1 Å². The molecule has 0 heterocycles. The number of alkyl halides is 3. The Hall–Kier alpha value is -4.35. The Bertz CT molecular complexity index is 1860. The Morgan fingerprint density at radius 1 is 1.02 bits per heavy atom. The van der Waals surface area contributed by atoms with Gasteiger partial charge in [0.25, 0.3) is 0 Å². The summed E-state index contributed by atoms with van der Waals surface area (Å²) in [5.41, 5.74) is 0.0715. The van der Waals surface area contributed by atoms with Crippen molar-refractivity contribution in [2.75, 3.05) is 20.8 Å². The topological polar surface area (TPSA) is 108 Å². The monoisotopic (exact) mass is 750 g/mol. The van der Waals surface area contributed by atoms with Crippen LogP contribution in [0.5, 0.6) is 11.5 Å². The number of carbonyl (C=O) groups excluding carboxylic acids is 2. The average Bonchev–Trinajstić information content (AvgIpc) is 3.38.